The average Bonchev–Trinajstić information content (AvgIpc) is 2.26. The highest BCUT2D eigenvalue weighted by atomic mass is 32.2. The molecule has 1 rings (SSSR count). The molecule has 1 saturated heterocycles. The summed E-state index contributed by atoms with van der Waals surface area (Å²) in [7, 11) is 0. The molecule has 0 aromatic heterocycles. The summed E-state index contributed by atoms with van der Waals surface area (Å²) in [5, 5.41) is 8.54. The van der Waals surface area contributed by atoms with Crippen molar-refractivity contribution < 1.29 is 27.9 Å². The molecule has 0 radical (unpaired) electrons. The lowest BCUT2D eigenvalue weighted by Crippen LogP contribution is -2.51. The van der Waals surface area contributed by atoms with Gasteiger partial charge < -0.3 is 14.9 Å². The smallest absolute Gasteiger partial charge is 0.406 e. The number of nitrogens with zero attached hydrogens (tertiary/aromatic N) is 2. The first kappa shape index (κ1) is 14.9. The maximum Gasteiger partial charge on any atom is 0.406 e. The molecule has 5 nitrogen and oxygen atoms in total. The van der Waals surface area contributed by atoms with Gasteiger partial charge in [0.05, 0.1) is 0 Å². The fraction of sp³-hybridized carbons (Fsp3) is 0.778. The van der Waals surface area contributed by atoms with Crippen LogP contribution in [0.1, 0.15) is 0 Å². The highest BCUT2D eigenvalue weighted by Crippen LogP contribution is 2.18. The van der Waals surface area contributed by atoms with E-state index in [1.54, 1.807) is 11.8 Å². The largest absolute Gasteiger partial charge is 0.480 e. The molecular formula is C9H13F3N2O3S. The first-order chi connectivity index (χ1) is 8.29. The van der Waals surface area contributed by atoms with Crippen LogP contribution >= 0.6 is 11.8 Å². The predicted octanol–water partition coefficient (Wildman–Crippen LogP) is 1.10. The summed E-state index contributed by atoms with van der Waals surface area (Å²) >= 11 is 1.60. The number of carbonyl (C=O) groups excluding carboxylic acids is 1. The number of thioether (sulfide) groups is 1. The minimum atomic E-state index is -4.60. The lowest BCUT2D eigenvalue weighted by Gasteiger charge is -2.32. The highest BCUT2D eigenvalue weighted by molar-refractivity contribution is 7.99. The zero-order chi connectivity index (χ0) is 13.8. The molecule has 9 heteroatoms. The highest BCUT2D eigenvalue weighted by Gasteiger charge is 2.35. The molecule has 1 aliphatic heterocycles. The van der Waals surface area contributed by atoms with E-state index in [0.717, 1.165) is 0 Å². The van der Waals surface area contributed by atoms with Crippen molar-refractivity contribution in [1.82, 2.24) is 9.80 Å². The van der Waals surface area contributed by atoms with Gasteiger partial charge in [-0.25, -0.2) is 4.79 Å². The van der Waals surface area contributed by atoms with E-state index in [1.807, 2.05) is 0 Å². The number of alkyl halides is 3. The summed E-state index contributed by atoms with van der Waals surface area (Å²) in [6, 6.07) is -0.866. The number of aliphatic carboxylic acids is 1. The Hall–Kier alpha value is -1.12. The molecule has 1 heterocycles. The quantitative estimate of drug-likeness (QED) is 0.844. The van der Waals surface area contributed by atoms with Crippen LogP contribution in [0.15, 0.2) is 0 Å². The number of halogens is 3. The normalized spacial score (nSPS) is 16.5. The number of hydrogen-bond acceptors (Lipinski definition) is 3. The Balaban J connectivity index is 2.68. The average molecular weight is 286 g/mol. The fourth-order valence-electron chi connectivity index (χ4n) is 1.53. The molecule has 0 saturated carbocycles. The molecule has 104 valence electrons. The van der Waals surface area contributed by atoms with Gasteiger partial charge in [-0.15, -0.1) is 0 Å². The van der Waals surface area contributed by atoms with E-state index in [1.165, 1.54) is 4.90 Å². The maximum atomic E-state index is 12.3. The summed E-state index contributed by atoms with van der Waals surface area (Å²) in [6.45, 7) is -1.79. The van der Waals surface area contributed by atoms with Crippen molar-refractivity contribution in [2.45, 2.75) is 6.18 Å². The third-order valence-corrected chi connectivity index (χ3v) is 3.19. The van der Waals surface area contributed by atoms with Gasteiger partial charge in [-0.05, 0) is 0 Å². The molecule has 0 aromatic carbocycles. The Morgan fingerprint density at radius 1 is 1.28 bits per heavy atom. The van der Waals surface area contributed by atoms with Crippen LogP contribution in [0, 0.1) is 0 Å². The first-order valence-corrected chi connectivity index (χ1v) is 6.35. The lowest BCUT2D eigenvalue weighted by atomic mass is 10.4. The number of carboxylic acid groups (broad SMARTS) is 1. The van der Waals surface area contributed by atoms with Gasteiger partial charge in [0, 0.05) is 24.6 Å². The second-order valence-corrected chi connectivity index (χ2v) is 4.97. The molecule has 0 unspecified atom stereocenters. The molecule has 0 bridgehead atoms. The van der Waals surface area contributed by atoms with Gasteiger partial charge in [0.1, 0.15) is 13.1 Å². The molecule has 0 aromatic rings. The van der Waals surface area contributed by atoms with Crippen molar-refractivity contribution >= 4 is 23.8 Å². The third-order valence-electron chi connectivity index (χ3n) is 2.25. The van der Waals surface area contributed by atoms with Crippen molar-refractivity contribution in [2.24, 2.45) is 0 Å². The van der Waals surface area contributed by atoms with Crippen LogP contribution in [-0.2, 0) is 4.79 Å². The number of rotatable bonds is 3. The van der Waals surface area contributed by atoms with Gasteiger partial charge in [0.25, 0.3) is 0 Å². The molecule has 0 spiro atoms. The Morgan fingerprint density at radius 2 is 1.83 bits per heavy atom. The molecule has 1 aliphatic rings. The molecule has 1 N–H and O–H groups in total. The van der Waals surface area contributed by atoms with E-state index < -0.39 is 31.3 Å². The van der Waals surface area contributed by atoms with E-state index in [4.69, 9.17) is 5.11 Å². The van der Waals surface area contributed by atoms with Crippen LogP contribution in [0.3, 0.4) is 0 Å². The van der Waals surface area contributed by atoms with Gasteiger partial charge in [0.15, 0.2) is 0 Å². The molecule has 18 heavy (non-hydrogen) atoms. The second kappa shape index (κ2) is 6.17. The number of urea groups is 1. The summed E-state index contributed by atoms with van der Waals surface area (Å²) in [5.74, 6) is -0.156. The molecule has 2 amide bonds. The van der Waals surface area contributed by atoms with E-state index in [-0.39, 0.29) is 0 Å². The van der Waals surface area contributed by atoms with Crippen molar-refractivity contribution in [3.8, 4) is 0 Å². The molecular weight excluding hydrogens is 273 g/mol. The van der Waals surface area contributed by atoms with Gasteiger partial charge in [-0.1, -0.05) is 0 Å². The van der Waals surface area contributed by atoms with E-state index in [0.29, 0.717) is 29.5 Å². The van der Waals surface area contributed by atoms with Crippen molar-refractivity contribution in [3.05, 3.63) is 0 Å². The summed E-state index contributed by atoms with van der Waals surface area (Å²) in [5.41, 5.74) is 0. The SMILES string of the molecule is O=C(O)CN(CC(F)(F)F)C(=O)N1CCSCC1. The third kappa shape index (κ3) is 5.03. The zero-order valence-electron chi connectivity index (χ0n) is 9.44. The van der Waals surface area contributed by atoms with Crippen LogP contribution in [0.5, 0.6) is 0 Å². The van der Waals surface area contributed by atoms with Crippen LogP contribution < -0.4 is 0 Å². The van der Waals surface area contributed by atoms with Crippen molar-refractivity contribution in [2.75, 3.05) is 37.7 Å². The molecule has 0 atom stereocenters. The van der Waals surface area contributed by atoms with Crippen LogP contribution in [0.4, 0.5) is 18.0 Å². The topological polar surface area (TPSA) is 60.9 Å². The van der Waals surface area contributed by atoms with Gasteiger partial charge in [0.2, 0.25) is 0 Å². The zero-order valence-corrected chi connectivity index (χ0v) is 10.3. The monoisotopic (exact) mass is 286 g/mol. The first-order valence-electron chi connectivity index (χ1n) is 5.20. The van der Waals surface area contributed by atoms with Crippen LogP contribution in [-0.4, -0.2) is 70.8 Å². The van der Waals surface area contributed by atoms with Gasteiger partial charge >= 0.3 is 18.2 Å². The van der Waals surface area contributed by atoms with Crippen LogP contribution in [0.2, 0.25) is 0 Å². The minimum Gasteiger partial charge on any atom is -0.480 e. The van der Waals surface area contributed by atoms with Gasteiger partial charge in [-0.2, -0.15) is 24.9 Å². The number of carbonyl (C=O) groups is 2. The molecule has 0 aliphatic carbocycles. The number of amides is 2. The maximum absolute atomic E-state index is 12.3. The van der Waals surface area contributed by atoms with Crippen molar-refractivity contribution in [3.63, 3.8) is 0 Å². The van der Waals surface area contributed by atoms with E-state index >= 15 is 0 Å². The number of hydrogen-bond donors (Lipinski definition) is 1. The Labute approximate surface area is 106 Å². The lowest BCUT2D eigenvalue weighted by molar-refractivity contribution is -0.149. The Kier molecular flexibility index (Phi) is 5.12. The van der Waals surface area contributed by atoms with Gasteiger partial charge in [-0.3, -0.25) is 4.79 Å². The summed E-state index contributed by atoms with van der Waals surface area (Å²) in [4.78, 5) is 23.9. The van der Waals surface area contributed by atoms with E-state index in [2.05, 4.69) is 0 Å². The summed E-state index contributed by atoms with van der Waals surface area (Å²) in [6.07, 6.45) is -4.60. The Bertz CT molecular complexity index is 319. The Morgan fingerprint density at radius 3 is 2.28 bits per heavy atom. The predicted molar refractivity (Wildman–Crippen MR) is 59.6 cm³/mol. The summed E-state index contributed by atoms with van der Waals surface area (Å²) < 4.78 is 36.8. The fourth-order valence-corrected chi connectivity index (χ4v) is 2.43. The van der Waals surface area contributed by atoms with E-state index in [9.17, 15) is 22.8 Å². The minimum absolute atomic E-state index is 0.318. The second-order valence-electron chi connectivity index (χ2n) is 3.75. The van der Waals surface area contributed by atoms with Crippen LogP contribution in [0.25, 0.3) is 0 Å². The number of carboxylic acids is 1. The molecule has 1 fully saturated rings. The standard InChI is InChI=1S/C9H13F3N2O3S/c10-9(11,12)6-14(5-7(15)16)8(17)13-1-3-18-4-2-13/h1-6H2,(H,15,16). The van der Waals surface area contributed by atoms with Crippen molar-refractivity contribution in [1.29, 1.82) is 0 Å².